The molecule has 1 rings (SSSR count). The zero-order chi connectivity index (χ0) is 11.4. The number of rotatable bonds is 2. The summed E-state index contributed by atoms with van der Waals surface area (Å²) >= 11 is 0. The van der Waals surface area contributed by atoms with E-state index >= 15 is 0 Å². The van der Waals surface area contributed by atoms with Gasteiger partial charge in [-0.15, -0.1) is 0 Å². The molecule has 0 spiro atoms. The van der Waals surface area contributed by atoms with Gasteiger partial charge >= 0.3 is 0 Å². The SMILES string of the molecule is C/C=C(/NC(C)=O)c1ccc(C)c(C)c1. The summed E-state index contributed by atoms with van der Waals surface area (Å²) in [4.78, 5) is 11.0. The van der Waals surface area contributed by atoms with E-state index in [2.05, 4.69) is 31.3 Å². The predicted octanol–water partition coefficient (Wildman–Crippen LogP) is 2.80. The van der Waals surface area contributed by atoms with E-state index in [0.717, 1.165) is 11.3 Å². The Balaban J connectivity index is 3.03. The van der Waals surface area contributed by atoms with Gasteiger partial charge in [0.15, 0.2) is 0 Å². The Morgan fingerprint density at radius 3 is 2.40 bits per heavy atom. The lowest BCUT2D eigenvalue weighted by atomic mass is 10.0. The van der Waals surface area contributed by atoms with Crippen molar-refractivity contribution in [3.63, 3.8) is 0 Å². The molecule has 0 aromatic heterocycles. The third kappa shape index (κ3) is 2.94. The third-order valence-electron chi connectivity index (χ3n) is 2.42. The highest BCUT2D eigenvalue weighted by molar-refractivity contribution is 5.84. The summed E-state index contributed by atoms with van der Waals surface area (Å²) in [6.45, 7) is 7.58. The zero-order valence-corrected chi connectivity index (χ0v) is 9.72. The number of carbonyl (C=O) groups excluding carboxylic acids is 1. The standard InChI is InChI=1S/C13H17NO/c1-5-13(14-11(4)15)12-7-6-9(2)10(3)8-12/h5-8H,1-4H3,(H,14,15)/b13-5+. The highest BCUT2D eigenvalue weighted by Crippen LogP contribution is 2.16. The minimum absolute atomic E-state index is 0.0404. The average Bonchev–Trinajstić information content (AvgIpc) is 2.18. The van der Waals surface area contributed by atoms with Crippen LogP contribution in [0.15, 0.2) is 24.3 Å². The monoisotopic (exact) mass is 203 g/mol. The summed E-state index contributed by atoms with van der Waals surface area (Å²) in [5.74, 6) is -0.0404. The van der Waals surface area contributed by atoms with Crippen molar-refractivity contribution in [2.24, 2.45) is 0 Å². The molecule has 0 saturated carbocycles. The summed E-state index contributed by atoms with van der Waals surface area (Å²) in [6.07, 6.45) is 1.91. The van der Waals surface area contributed by atoms with Crippen LogP contribution in [0.3, 0.4) is 0 Å². The molecule has 1 N–H and O–H groups in total. The molecule has 0 bridgehead atoms. The summed E-state index contributed by atoms with van der Waals surface area (Å²) in [5.41, 5.74) is 4.41. The van der Waals surface area contributed by atoms with E-state index in [1.54, 1.807) is 0 Å². The van der Waals surface area contributed by atoms with Crippen molar-refractivity contribution in [3.05, 3.63) is 41.0 Å². The first-order valence-corrected chi connectivity index (χ1v) is 5.06. The average molecular weight is 203 g/mol. The second-order valence-corrected chi connectivity index (χ2v) is 3.68. The van der Waals surface area contributed by atoms with Crippen molar-refractivity contribution < 1.29 is 4.79 Å². The summed E-state index contributed by atoms with van der Waals surface area (Å²) in [6, 6.07) is 6.17. The fourth-order valence-electron chi connectivity index (χ4n) is 1.41. The number of nitrogens with one attached hydrogen (secondary N) is 1. The van der Waals surface area contributed by atoms with Gasteiger partial charge in [-0.25, -0.2) is 0 Å². The Morgan fingerprint density at radius 1 is 1.27 bits per heavy atom. The van der Waals surface area contributed by atoms with E-state index in [1.807, 2.05) is 19.1 Å². The maximum atomic E-state index is 11.0. The van der Waals surface area contributed by atoms with Crippen LogP contribution < -0.4 is 5.32 Å². The Kier molecular flexibility index (Phi) is 3.67. The van der Waals surface area contributed by atoms with E-state index in [9.17, 15) is 4.79 Å². The van der Waals surface area contributed by atoms with Crippen LogP contribution in [0.25, 0.3) is 5.70 Å². The first-order valence-electron chi connectivity index (χ1n) is 5.06. The van der Waals surface area contributed by atoms with Crippen molar-refractivity contribution in [3.8, 4) is 0 Å². The molecule has 1 amide bonds. The van der Waals surface area contributed by atoms with E-state index in [4.69, 9.17) is 0 Å². The number of carbonyl (C=O) groups is 1. The number of amides is 1. The minimum Gasteiger partial charge on any atom is -0.326 e. The molecule has 0 radical (unpaired) electrons. The molecule has 0 atom stereocenters. The molecule has 1 aromatic carbocycles. The first kappa shape index (κ1) is 11.5. The van der Waals surface area contributed by atoms with Crippen LogP contribution >= 0.6 is 0 Å². The van der Waals surface area contributed by atoms with Gasteiger partial charge in [-0.05, 0) is 43.5 Å². The molecule has 0 saturated heterocycles. The fraction of sp³-hybridized carbons (Fsp3) is 0.308. The molecule has 0 heterocycles. The number of hydrogen-bond donors (Lipinski definition) is 1. The first-order chi connectivity index (χ1) is 7.04. The lowest BCUT2D eigenvalue weighted by molar-refractivity contribution is -0.117. The van der Waals surface area contributed by atoms with Crippen LogP contribution in [0.4, 0.5) is 0 Å². The number of hydrogen-bond acceptors (Lipinski definition) is 1. The van der Waals surface area contributed by atoms with Crippen LogP contribution in [0.5, 0.6) is 0 Å². The van der Waals surface area contributed by atoms with Crippen molar-refractivity contribution >= 4 is 11.6 Å². The largest absolute Gasteiger partial charge is 0.326 e. The van der Waals surface area contributed by atoms with Crippen molar-refractivity contribution in [2.45, 2.75) is 27.7 Å². The lowest BCUT2D eigenvalue weighted by Gasteiger charge is -2.09. The molecular weight excluding hydrogens is 186 g/mol. The van der Waals surface area contributed by atoms with Crippen molar-refractivity contribution in [1.82, 2.24) is 5.32 Å². The maximum absolute atomic E-state index is 11.0. The van der Waals surface area contributed by atoms with E-state index in [-0.39, 0.29) is 5.91 Å². The fourth-order valence-corrected chi connectivity index (χ4v) is 1.41. The summed E-state index contributed by atoms with van der Waals surface area (Å²) in [5, 5.41) is 2.81. The van der Waals surface area contributed by atoms with Gasteiger partial charge in [0.2, 0.25) is 5.91 Å². The molecule has 2 nitrogen and oxygen atoms in total. The minimum atomic E-state index is -0.0404. The Labute approximate surface area is 91.0 Å². The Morgan fingerprint density at radius 2 is 1.93 bits per heavy atom. The second-order valence-electron chi connectivity index (χ2n) is 3.68. The predicted molar refractivity (Wildman–Crippen MR) is 63.4 cm³/mol. The van der Waals surface area contributed by atoms with Gasteiger partial charge < -0.3 is 5.32 Å². The van der Waals surface area contributed by atoms with Crippen LogP contribution in [0, 0.1) is 13.8 Å². The molecule has 0 aliphatic rings. The summed E-state index contributed by atoms with van der Waals surface area (Å²) in [7, 11) is 0. The van der Waals surface area contributed by atoms with Crippen LogP contribution in [-0.2, 0) is 4.79 Å². The second kappa shape index (κ2) is 4.78. The van der Waals surface area contributed by atoms with E-state index < -0.39 is 0 Å². The quantitative estimate of drug-likeness (QED) is 0.786. The third-order valence-corrected chi connectivity index (χ3v) is 2.42. The molecule has 2 heteroatoms. The number of aryl methyl sites for hydroxylation is 2. The normalized spacial score (nSPS) is 11.3. The zero-order valence-electron chi connectivity index (χ0n) is 9.72. The molecule has 0 fully saturated rings. The van der Waals surface area contributed by atoms with Crippen LogP contribution in [0.2, 0.25) is 0 Å². The molecule has 15 heavy (non-hydrogen) atoms. The van der Waals surface area contributed by atoms with Crippen LogP contribution in [0.1, 0.15) is 30.5 Å². The van der Waals surface area contributed by atoms with E-state index in [1.165, 1.54) is 18.1 Å². The van der Waals surface area contributed by atoms with Gasteiger partial charge in [0, 0.05) is 12.6 Å². The number of benzene rings is 1. The molecule has 0 unspecified atom stereocenters. The molecule has 80 valence electrons. The number of allylic oxidation sites excluding steroid dienone is 1. The highest BCUT2D eigenvalue weighted by Gasteiger charge is 2.03. The molecular formula is C13H17NO. The van der Waals surface area contributed by atoms with Crippen molar-refractivity contribution in [1.29, 1.82) is 0 Å². The maximum Gasteiger partial charge on any atom is 0.221 e. The Bertz CT molecular complexity index is 405. The highest BCUT2D eigenvalue weighted by atomic mass is 16.1. The van der Waals surface area contributed by atoms with Crippen molar-refractivity contribution in [2.75, 3.05) is 0 Å². The smallest absolute Gasteiger partial charge is 0.221 e. The Hall–Kier alpha value is -1.57. The van der Waals surface area contributed by atoms with E-state index in [0.29, 0.717) is 0 Å². The molecule has 0 aliphatic heterocycles. The molecule has 0 aliphatic carbocycles. The van der Waals surface area contributed by atoms with Gasteiger partial charge in [-0.3, -0.25) is 4.79 Å². The molecule has 1 aromatic rings. The van der Waals surface area contributed by atoms with Gasteiger partial charge in [-0.1, -0.05) is 18.2 Å². The van der Waals surface area contributed by atoms with Gasteiger partial charge in [0.05, 0.1) is 0 Å². The van der Waals surface area contributed by atoms with Gasteiger partial charge in [0.25, 0.3) is 0 Å². The topological polar surface area (TPSA) is 29.1 Å². The lowest BCUT2D eigenvalue weighted by Crippen LogP contribution is -2.17. The van der Waals surface area contributed by atoms with Crippen LogP contribution in [-0.4, -0.2) is 5.91 Å². The van der Waals surface area contributed by atoms with Gasteiger partial charge in [0.1, 0.15) is 0 Å². The van der Waals surface area contributed by atoms with Gasteiger partial charge in [-0.2, -0.15) is 0 Å². The summed E-state index contributed by atoms with van der Waals surface area (Å²) < 4.78 is 0.